The van der Waals surface area contributed by atoms with Gasteiger partial charge in [-0.25, -0.2) is 9.98 Å². The summed E-state index contributed by atoms with van der Waals surface area (Å²) in [6.45, 7) is 2.29. The van der Waals surface area contributed by atoms with E-state index in [9.17, 15) is 5.11 Å². The van der Waals surface area contributed by atoms with Crippen LogP contribution in [0.5, 0.6) is 5.88 Å². The van der Waals surface area contributed by atoms with Gasteiger partial charge in [0.15, 0.2) is 5.82 Å². The Labute approximate surface area is 165 Å². The lowest BCUT2D eigenvalue weighted by Gasteiger charge is -2.27. The Balaban J connectivity index is 0.00000121. The quantitative estimate of drug-likeness (QED) is 0.708. The third kappa shape index (κ3) is 4.19. The van der Waals surface area contributed by atoms with Crippen molar-refractivity contribution in [3.8, 4) is 5.88 Å². The zero-order valence-corrected chi connectivity index (χ0v) is 16.1. The van der Waals surface area contributed by atoms with Crippen LogP contribution >= 0.6 is 24.8 Å². The van der Waals surface area contributed by atoms with Gasteiger partial charge in [0.1, 0.15) is 5.69 Å². The highest BCUT2D eigenvalue weighted by atomic mass is 35.5. The molecule has 0 radical (unpaired) electrons. The zero-order valence-electron chi connectivity index (χ0n) is 14.5. The van der Waals surface area contributed by atoms with Gasteiger partial charge in [-0.2, -0.15) is 4.98 Å². The Morgan fingerprint density at radius 3 is 2.96 bits per heavy atom. The maximum absolute atomic E-state index is 10.1. The molecule has 2 unspecified atom stereocenters. The molecular weight excluding hydrogens is 373 g/mol. The number of hydrogen-bond acceptors (Lipinski definition) is 5. The van der Waals surface area contributed by atoms with Crippen LogP contribution in [-0.4, -0.2) is 32.3 Å². The van der Waals surface area contributed by atoms with Crippen LogP contribution in [0.15, 0.2) is 23.3 Å². The monoisotopic (exact) mass is 395 g/mol. The Hall–Kier alpha value is -2.05. The van der Waals surface area contributed by atoms with E-state index in [1.807, 2.05) is 18.2 Å². The summed E-state index contributed by atoms with van der Waals surface area (Å²) in [4.78, 5) is 15.9. The molecule has 1 fully saturated rings. The van der Waals surface area contributed by atoms with E-state index < -0.39 is 0 Å². The van der Waals surface area contributed by atoms with Crippen molar-refractivity contribution in [1.82, 2.24) is 15.0 Å². The van der Waals surface area contributed by atoms with Gasteiger partial charge < -0.3 is 15.4 Å². The van der Waals surface area contributed by atoms with Crippen molar-refractivity contribution in [1.29, 1.82) is 0 Å². The number of nitrogens with one attached hydrogen (secondary N) is 2. The van der Waals surface area contributed by atoms with E-state index in [-0.39, 0.29) is 30.7 Å². The number of allylic oxidation sites excluding steroid dienone is 1. The first kappa shape index (κ1) is 20.3. The van der Waals surface area contributed by atoms with Gasteiger partial charge in [-0.3, -0.25) is 0 Å². The number of anilines is 1. The molecule has 0 bridgehead atoms. The molecule has 0 aromatic carbocycles. The molecule has 6 nitrogen and oxygen atoms in total. The highest BCUT2D eigenvalue weighted by molar-refractivity contribution is 6.20. The number of aromatic hydroxyl groups is 1. The van der Waals surface area contributed by atoms with E-state index in [0.717, 1.165) is 29.9 Å². The lowest BCUT2D eigenvalue weighted by atomic mass is 9.87. The van der Waals surface area contributed by atoms with Gasteiger partial charge in [-0.1, -0.05) is 19.8 Å². The van der Waals surface area contributed by atoms with Crippen LogP contribution in [0.3, 0.4) is 0 Å². The summed E-state index contributed by atoms with van der Waals surface area (Å²) in [5, 5.41) is 13.5. The first-order valence-corrected chi connectivity index (χ1v) is 8.45. The lowest BCUT2D eigenvalue weighted by molar-refractivity contribution is 0.357. The van der Waals surface area contributed by atoms with Crippen molar-refractivity contribution in [3.05, 3.63) is 29.6 Å². The number of H-pyrrole nitrogens is 1. The summed E-state index contributed by atoms with van der Waals surface area (Å²) in [6, 6.07) is 4.26. The van der Waals surface area contributed by atoms with Crippen molar-refractivity contribution in [2.75, 3.05) is 5.32 Å². The summed E-state index contributed by atoms with van der Waals surface area (Å²) in [6.07, 6.45) is 10.2. The Kier molecular flexibility index (Phi) is 6.67. The first-order chi connectivity index (χ1) is 11.7. The molecule has 1 aliphatic heterocycles. The second kappa shape index (κ2) is 8.56. The molecule has 140 valence electrons. The van der Waals surface area contributed by atoms with Crippen LogP contribution in [-0.2, 0) is 0 Å². The van der Waals surface area contributed by atoms with Crippen molar-refractivity contribution in [3.63, 3.8) is 0 Å². The Bertz CT molecular complexity index is 818. The SMILES string of the molecule is CC1CCCC(Nc2nc(O)c(C=C3C=Nc4ncccc43)[nH]2)C1.Cl.Cl. The van der Waals surface area contributed by atoms with Crippen LogP contribution in [0.1, 0.15) is 43.9 Å². The summed E-state index contributed by atoms with van der Waals surface area (Å²) in [5.41, 5.74) is 2.46. The summed E-state index contributed by atoms with van der Waals surface area (Å²) < 4.78 is 0. The Morgan fingerprint density at radius 1 is 1.31 bits per heavy atom. The van der Waals surface area contributed by atoms with Gasteiger partial charge >= 0.3 is 0 Å². The molecule has 2 aliphatic rings. The molecule has 2 atom stereocenters. The van der Waals surface area contributed by atoms with Crippen molar-refractivity contribution < 1.29 is 5.11 Å². The maximum Gasteiger partial charge on any atom is 0.238 e. The van der Waals surface area contributed by atoms with Gasteiger partial charge in [0.2, 0.25) is 11.8 Å². The van der Waals surface area contributed by atoms with Gasteiger partial charge in [0.05, 0.1) is 0 Å². The van der Waals surface area contributed by atoms with Gasteiger partial charge in [0, 0.05) is 29.6 Å². The summed E-state index contributed by atoms with van der Waals surface area (Å²) >= 11 is 0. The first-order valence-electron chi connectivity index (χ1n) is 8.45. The number of nitrogens with zero attached hydrogens (tertiary/aromatic N) is 3. The topological polar surface area (TPSA) is 86.2 Å². The number of halogens is 2. The van der Waals surface area contributed by atoms with Crippen LogP contribution in [0.4, 0.5) is 11.8 Å². The largest absolute Gasteiger partial charge is 0.492 e. The van der Waals surface area contributed by atoms with E-state index in [1.54, 1.807) is 12.4 Å². The van der Waals surface area contributed by atoms with E-state index in [0.29, 0.717) is 23.5 Å². The molecule has 3 heterocycles. The number of pyridine rings is 1. The fraction of sp³-hybridized carbons (Fsp3) is 0.389. The molecule has 4 rings (SSSR count). The minimum absolute atomic E-state index is 0. The number of aromatic amines is 1. The van der Waals surface area contributed by atoms with Crippen LogP contribution in [0.2, 0.25) is 0 Å². The van der Waals surface area contributed by atoms with E-state index in [4.69, 9.17) is 0 Å². The van der Waals surface area contributed by atoms with Crippen molar-refractivity contribution in [2.24, 2.45) is 10.9 Å². The van der Waals surface area contributed by atoms with E-state index in [2.05, 4.69) is 32.2 Å². The van der Waals surface area contributed by atoms with Crippen LogP contribution in [0.25, 0.3) is 11.6 Å². The summed E-state index contributed by atoms with van der Waals surface area (Å²) in [7, 11) is 0. The standard InChI is InChI=1S/C18H21N5O.2ClH/c1-11-4-2-5-13(8-11)21-18-22-15(17(24)23-18)9-12-10-20-16-14(12)6-3-7-19-16;;/h3,6-7,9-11,13,24H,2,4-5,8H2,1H3,(H2,21,22,23);2*1H. The molecule has 0 spiro atoms. The number of rotatable bonds is 3. The predicted molar refractivity (Wildman–Crippen MR) is 110 cm³/mol. The number of aliphatic imine (C=N–C) groups is 1. The number of aromatic nitrogens is 3. The molecule has 8 heteroatoms. The highest BCUT2D eigenvalue weighted by Gasteiger charge is 2.20. The fourth-order valence-corrected chi connectivity index (χ4v) is 3.50. The van der Waals surface area contributed by atoms with Crippen molar-refractivity contribution >= 4 is 54.4 Å². The van der Waals surface area contributed by atoms with E-state index >= 15 is 0 Å². The highest BCUT2D eigenvalue weighted by Crippen LogP contribution is 2.32. The third-order valence-corrected chi connectivity index (χ3v) is 4.71. The molecule has 1 aliphatic carbocycles. The smallest absolute Gasteiger partial charge is 0.238 e. The van der Waals surface area contributed by atoms with Crippen LogP contribution in [0, 0.1) is 5.92 Å². The average Bonchev–Trinajstić information content (AvgIpc) is 3.12. The second-order valence-corrected chi connectivity index (χ2v) is 6.67. The molecule has 1 saturated carbocycles. The van der Waals surface area contributed by atoms with Crippen molar-refractivity contribution in [2.45, 2.75) is 38.6 Å². The number of imidazole rings is 1. The summed E-state index contributed by atoms with van der Waals surface area (Å²) in [5.74, 6) is 2.07. The normalized spacial score (nSPS) is 22.4. The molecular formula is C18H23Cl2N5O. The Morgan fingerprint density at radius 2 is 2.15 bits per heavy atom. The molecule has 26 heavy (non-hydrogen) atoms. The third-order valence-electron chi connectivity index (χ3n) is 4.71. The number of fused-ring (bicyclic) bond motifs is 1. The van der Waals surface area contributed by atoms with E-state index in [1.165, 1.54) is 12.8 Å². The second-order valence-electron chi connectivity index (χ2n) is 6.67. The average molecular weight is 396 g/mol. The molecule has 3 N–H and O–H groups in total. The number of hydrogen-bond donors (Lipinski definition) is 3. The lowest BCUT2D eigenvalue weighted by Crippen LogP contribution is -2.26. The van der Waals surface area contributed by atoms with Crippen LogP contribution < -0.4 is 5.32 Å². The van der Waals surface area contributed by atoms with Gasteiger partial charge in [-0.15, -0.1) is 24.8 Å². The minimum atomic E-state index is -0.000372. The molecule has 0 amide bonds. The maximum atomic E-state index is 10.1. The van der Waals surface area contributed by atoms with Gasteiger partial charge in [-0.05, 0) is 37.0 Å². The molecule has 2 aromatic heterocycles. The minimum Gasteiger partial charge on any atom is -0.492 e. The fourth-order valence-electron chi connectivity index (χ4n) is 3.50. The molecule has 0 saturated heterocycles. The predicted octanol–water partition coefficient (Wildman–Crippen LogP) is 4.60. The molecule has 2 aromatic rings. The zero-order chi connectivity index (χ0) is 16.5. The van der Waals surface area contributed by atoms with Gasteiger partial charge in [0.25, 0.3) is 0 Å².